The summed E-state index contributed by atoms with van der Waals surface area (Å²) in [6.07, 6.45) is 3.80. The molecule has 19 heavy (non-hydrogen) atoms. The van der Waals surface area contributed by atoms with E-state index in [0.717, 1.165) is 43.4 Å². The molecule has 1 aromatic rings. The first-order valence-corrected chi connectivity index (χ1v) is 10.6. The smallest absolute Gasteiger partial charge is 0.197 e. The van der Waals surface area contributed by atoms with Crippen LogP contribution in [0.3, 0.4) is 0 Å². The molecule has 0 unspecified atom stereocenters. The molecule has 0 aliphatic heterocycles. The average Bonchev–Trinajstić information content (AvgIpc) is 2.87. The summed E-state index contributed by atoms with van der Waals surface area (Å²) < 4.78 is 4.11. The monoisotopic (exact) mass is 282 g/mol. The number of hydrogen-bond acceptors (Lipinski definition) is 3. The lowest BCUT2D eigenvalue weighted by atomic mass is 10.2. The van der Waals surface area contributed by atoms with E-state index < -0.39 is 8.24 Å². The van der Waals surface area contributed by atoms with Crippen LogP contribution >= 0.6 is 0 Å². The van der Waals surface area contributed by atoms with E-state index in [-0.39, 0.29) is 0 Å². The van der Waals surface area contributed by atoms with Crippen molar-refractivity contribution in [2.75, 3.05) is 13.6 Å². The number of aromatic nitrogens is 1. The van der Waals surface area contributed by atoms with E-state index in [1.807, 2.05) is 0 Å². The molecule has 5 heteroatoms. The molecule has 0 aromatic carbocycles. The first-order valence-electron chi connectivity index (χ1n) is 7.15. The predicted octanol–water partition coefficient (Wildman–Crippen LogP) is 2.54. The second-order valence-electron chi connectivity index (χ2n) is 6.56. The van der Waals surface area contributed by atoms with Crippen molar-refractivity contribution in [3.63, 3.8) is 0 Å². The van der Waals surface area contributed by atoms with Crippen LogP contribution in [0.15, 0.2) is 0 Å². The second-order valence-corrected chi connectivity index (χ2v) is 11.7. The molecule has 0 fully saturated rings. The molecule has 1 heterocycles. The predicted molar refractivity (Wildman–Crippen MR) is 80.4 cm³/mol. The van der Waals surface area contributed by atoms with Gasteiger partial charge in [0.1, 0.15) is 8.24 Å². The van der Waals surface area contributed by atoms with Crippen molar-refractivity contribution in [1.82, 2.24) is 9.13 Å². The average molecular weight is 282 g/mol. The molecule has 2 N–H and O–H groups in total. The van der Waals surface area contributed by atoms with Gasteiger partial charge < -0.3 is 14.8 Å². The molecule has 0 saturated heterocycles. The van der Waals surface area contributed by atoms with Gasteiger partial charge in [-0.25, -0.2) is 0 Å². The van der Waals surface area contributed by atoms with Gasteiger partial charge in [-0.05, 0) is 39.3 Å². The Kier molecular flexibility index (Phi) is 3.97. The summed E-state index contributed by atoms with van der Waals surface area (Å²) in [5.41, 5.74) is 1.94. The molecular formula is C14H26N2O2Si. The summed E-state index contributed by atoms with van der Waals surface area (Å²) in [6.45, 7) is 8.68. The van der Waals surface area contributed by atoms with Crippen LogP contribution in [0.4, 0.5) is 0 Å². The molecule has 0 spiro atoms. The van der Waals surface area contributed by atoms with Gasteiger partial charge >= 0.3 is 0 Å². The summed E-state index contributed by atoms with van der Waals surface area (Å²) in [7, 11) is 0.940. The van der Waals surface area contributed by atoms with Gasteiger partial charge in [-0.15, -0.1) is 0 Å². The van der Waals surface area contributed by atoms with Crippen molar-refractivity contribution in [3.8, 4) is 11.8 Å². The van der Waals surface area contributed by atoms with Crippen molar-refractivity contribution in [2.45, 2.75) is 51.9 Å². The van der Waals surface area contributed by atoms with Crippen LogP contribution in [0.2, 0.25) is 19.6 Å². The number of nitrogens with zero attached hydrogens (tertiary/aromatic N) is 2. The van der Waals surface area contributed by atoms with E-state index in [0.29, 0.717) is 18.3 Å². The van der Waals surface area contributed by atoms with Crippen LogP contribution in [0.25, 0.3) is 0 Å². The van der Waals surface area contributed by atoms with Gasteiger partial charge in [0, 0.05) is 17.7 Å². The topological polar surface area (TPSA) is 48.6 Å². The third-order valence-electron chi connectivity index (χ3n) is 4.29. The Bertz CT molecular complexity index is 435. The fourth-order valence-corrected chi connectivity index (χ4v) is 3.51. The number of hydrogen-bond donors (Lipinski definition) is 2. The third-order valence-corrected chi connectivity index (χ3v) is 6.80. The Morgan fingerprint density at radius 2 is 1.63 bits per heavy atom. The maximum absolute atomic E-state index is 10.2. The van der Waals surface area contributed by atoms with Gasteiger partial charge in [-0.1, -0.05) is 19.6 Å². The van der Waals surface area contributed by atoms with Crippen LogP contribution < -0.4 is 0 Å². The lowest BCUT2D eigenvalue weighted by Gasteiger charge is -2.29. The van der Waals surface area contributed by atoms with Crippen LogP contribution in [0.1, 0.15) is 24.0 Å². The number of fused-ring (bicyclic) bond motifs is 1. The Balaban J connectivity index is 1.98. The first-order chi connectivity index (χ1) is 8.82. The van der Waals surface area contributed by atoms with E-state index in [1.165, 1.54) is 0 Å². The molecule has 2 rings (SSSR count). The standard InChI is InChI=1S/C14H26N2O2Si/c1-15(19(2,3)4)9-6-10-16-13(17)11-7-5-8-12(11)14(16)18/h17-18H,5-10H2,1-4H3. The molecule has 0 radical (unpaired) electrons. The highest BCUT2D eigenvalue weighted by atomic mass is 28.3. The highest BCUT2D eigenvalue weighted by Gasteiger charge is 2.26. The quantitative estimate of drug-likeness (QED) is 0.816. The van der Waals surface area contributed by atoms with Gasteiger partial charge in [0.05, 0.1) is 0 Å². The molecule has 1 aromatic heterocycles. The first kappa shape index (κ1) is 14.5. The van der Waals surface area contributed by atoms with E-state index in [2.05, 4.69) is 31.3 Å². The highest BCUT2D eigenvalue weighted by molar-refractivity contribution is 6.73. The van der Waals surface area contributed by atoms with E-state index in [4.69, 9.17) is 0 Å². The van der Waals surface area contributed by atoms with Gasteiger partial charge in [0.25, 0.3) is 0 Å². The molecule has 0 amide bonds. The summed E-state index contributed by atoms with van der Waals surface area (Å²) >= 11 is 0. The number of rotatable bonds is 5. The minimum absolute atomic E-state index is 0.292. The SMILES string of the molecule is CN(CCCn1c(O)c2c(c1O)CCC2)[Si](C)(C)C. The molecule has 108 valence electrons. The Hall–Kier alpha value is -0.943. The fourth-order valence-electron chi connectivity index (χ4n) is 2.68. The minimum atomic E-state index is -1.23. The van der Waals surface area contributed by atoms with Crippen LogP contribution in [-0.4, -0.2) is 41.2 Å². The van der Waals surface area contributed by atoms with E-state index in [9.17, 15) is 10.2 Å². The van der Waals surface area contributed by atoms with Crippen LogP contribution in [0, 0.1) is 0 Å². The van der Waals surface area contributed by atoms with E-state index >= 15 is 0 Å². The molecule has 0 atom stereocenters. The van der Waals surface area contributed by atoms with Crippen molar-refractivity contribution < 1.29 is 10.2 Å². The molecule has 4 nitrogen and oxygen atoms in total. The fraction of sp³-hybridized carbons (Fsp3) is 0.714. The maximum Gasteiger partial charge on any atom is 0.197 e. The third kappa shape index (κ3) is 2.82. The van der Waals surface area contributed by atoms with Gasteiger partial charge in [0.15, 0.2) is 11.8 Å². The zero-order valence-electron chi connectivity index (χ0n) is 12.5. The van der Waals surface area contributed by atoms with Gasteiger partial charge in [-0.3, -0.25) is 4.57 Å². The molecular weight excluding hydrogens is 256 g/mol. The summed E-state index contributed by atoms with van der Waals surface area (Å²) in [4.78, 5) is 0. The minimum Gasteiger partial charge on any atom is -0.494 e. The van der Waals surface area contributed by atoms with Crippen LogP contribution in [-0.2, 0) is 19.4 Å². The number of aromatic hydroxyl groups is 2. The van der Waals surface area contributed by atoms with Crippen molar-refractivity contribution >= 4 is 8.24 Å². The van der Waals surface area contributed by atoms with Gasteiger partial charge in [0.2, 0.25) is 0 Å². The lowest BCUT2D eigenvalue weighted by molar-refractivity contribution is 0.351. The van der Waals surface area contributed by atoms with Gasteiger partial charge in [-0.2, -0.15) is 0 Å². The van der Waals surface area contributed by atoms with Crippen molar-refractivity contribution in [3.05, 3.63) is 11.1 Å². The molecule has 0 bridgehead atoms. The molecule has 1 aliphatic carbocycles. The van der Waals surface area contributed by atoms with Crippen molar-refractivity contribution in [1.29, 1.82) is 0 Å². The summed E-state index contributed by atoms with van der Waals surface area (Å²) in [5, 5.41) is 20.3. The van der Waals surface area contributed by atoms with E-state index in [1.54, 1.807) is 4.57 Å². The second kappa shape index (κ2) is 5.21. The van der Waals surface area contributed by atoms with Crippen LogP contribution in [0.5, 0.6) is 11.8 Å². The zero-order valence-corrected chi connectivity index (χ0v) is 13.5. The normalized spacial score (nSPS) is 15.2. The Morgan fingerprint density at radius 3 is 2.11 bits per heavy atom. The largest absolute Gasteiger partial charge is 0.494 e. The highest BCUT2D eigenvalue weighted by Crippen LogP contribution is 2.39. The zero-order chi connectivity index (χ0) is 14.2. The summed E-state index contributed by atoms with van der Waals surface area (Å²) in [5.74, 6) is 0.585. The van der Waals surface area contributed by atoms with Crippen molar-refractivity contribution in [2.24, 2.45) is 0 Å². The Labute approximate surface area is 116 Å². The lowest BCUT2D eigenvalue weighted by Crippen LogP contribution is -2.43. The summed E-state index contributed by atoms with van der Waals surface area (Å²) in [6, 6.07) is 0. The maximum atomic E-state index is 10.2. The Morgan fingerprint density at radius 1 is 1.11 bits per heavy atom. The molecule has 0 saturated carbocycles. The molecule has 1 aliphatic rings.